The molecule has 0 saturated carbocycles. The van der Waals surface area contributed by atoms with Crippen molar-refractivity contribution in [3.8, 4) is 0 Å². The van der Waals surface area contributed by atoms with E-state index >= 15 is 0 Å². The zero-order chi connectivity index (χ0) is 16.0. The molecule has 1 aromatic rings. The Morgan fingerprint density at radius 3 is 2.73 bits per heavy atom. The normalized spacial score (nSPS) is 16.8. The second kappa shape index (κ2) is 8.26. The summed E-state index contributed by atoms with van der Waals surface area (Å²) >= 11 is 6.07. The van der Waals surface area contributed by atoms with Gasteiger partial charge in [0.05, 0.1) is 5.02 Å². The van der Waals surface area contributed by atoms with Gasteiger partial charge < -0.3 is 5.32 Å². The van der Waals surface area contributed by atoms with E-state index in [1.54, 1.807) is 12.1 Å². The Hall–Kier alpha value is -0.660. The van der Waals surface area contributed by atoms with Gasteiger partial charge in [0, 0.05) is 39.3 Å². The summed E-state index contributed by atoms with van der Waals surface area (Å²) in [5, 5.41) is 3.55. The first-order valence-corrected chi connectivity index (χ1v) is 9.60. The van der Waals surface area contributed by atoms with Crippen molar-refractivity contribution in [3.63, 3.8) is 0 Å². The number of benzene rings is 1. The first kappa shape index (κ1) is 17.7. The molecule has 7 heteroatoms. The van der Waals surface area contributed by atoms with Crippen LogP contribution >= 0.6 is 11.6 Å². The number of nitrogens with one attached hydrogen (secondary N) is 2. The standard InChI is InChI=1S/C15H24ClN3O2S/c1-2-3-13-4-5-14(16)15(12-13)22(20,21)18-8-11-19-9-6-17-7-10-19/h4-5,12,17-18H,2-3,6-11H2,1H3. The number of halogens is 1. The highest BCUT2D eigenvalue weighted by molar-refractivity contribution is 7.89. The summed E-state index contributed by atoms with van der Waals surface area (Å²) < 4.78 is 27.5. The molecule has 5 nitrogen and oxygen atoms in total. The highest BCUT2D eigenvalue weighted by Crippen LogP contribution is 2.23. The van der Waals surface area contributed by atoms with E-state index in [-0.39, 0.29) is 9.92 Å². The third-order valence-electron chi connectivity index (χ3n) is 3.75. The molecule has 0 unspecified atom stereocenters. The van der Waals surface area contributed by atoms with E-state index in [0.29, 0.717) is 13.1 Å². The molecular formula is C15H24ClN3O2S. The van der Waals surface area contributed by atoms with Crippen LogP contribution in [0.2, 0.25) is 5.02 Å². The molecule has 1 fully saturated rings. The van der Waals surface area contributed by atoms with E-state index in [9.17, 15) is 8.42 Å². The van der Waals surface area contributed by atoms with Gasteiger partial charge in [0.15, 0.2) is 0 Å². The largest absolute Gasteiger partial charge is 0.314 e. The molecule has 0 atom stereocenters. The van der Waals surface area contributed by atoms with E-state index < -0.39 is 10.0 Å². The summed E-state index contributed by atoms with van der Waals surface area (Å²) in [5.41, 5.74) is 0.995. The molecule has 1 saturated heterocycles. The molecule has 0 aromatic heterocycles. The van der Waals surface area contributed by atoms with Crippen LogP contribution in [-0.4, -0.2) is 52.6 Å². The zero-order valence-electron chi connectivity index (χ0n) is 12.9. The van der Waals surface area contributed by atoms with Gasteiger partial charge in [-0.05, 0) is 24.1 Å². The molecular weight excluding hydrogens is 322 g/mol. The SMILES string of the molecule is CCCc1ccc(Cl)c(S(=O)(=O)NCCN2CCNCC2)c1. The molecule has 0 radical (unpaired) electrons. The Morgan fingerprint density at radius 2 is 2.05 bits per heavy atom. The maximum Gasteiger partial charge on any atom is 0.242 e. The fourth-order valence-electron chi connectivity index (χ4n) is 2.55. The molecule has 22 heavy (non-hydrogen) atoms. The average Bonchev–Trinajstić information content (AvgIpc) is 2.50. The lowest BCUT2D eigenvalue weighted by atomic mass is 10.1. The third kappa shape index (κ3) is 4.93. The summed E-state index contributed by atoms with van der Waals surface area (Å²) in [7, 11) is -3.56. The highest BCUT2D eigenvalue weighted by atomic mass is 35.5. The van der Waals surface area contributed by atoms with Gasteiger partial charge in [0.25, 0.3) is 0 Å². The third-order valence-corrected chi connectivity index (χ3v) is 5.70. The second-order valence-corrected chi connectivity index (χ2v) is 7.65. The number of sulfonamides is 1. The topological polar surface area (TPSA) is 61.4 Å². The van der Waals surface area contributed by atoms with Crippen molar-refractivity contribution in [1.82, 2.24) is 14.9 Å². The number of hydrogen-bond donors (Lipinski definition) is 2. The Kier molecular flexibility index (Phi) is 6.65. The van der Waals surface area contributed by atoms with Gasteiger partial charge in [0.1, 0.15) is 4.90 Å². The predicted octanol–water partition coefficient (Wildman–Crippen LogP) is 1.48. The average molecular weight is 346 g/mol. The molecule has 1 aromatic carbocycles. The lowest BCUT2D eigenvalue weighted by molar-refractivity contribution is 0.245. The Labute approximate surface area is 138 Å². The Morgan fingerprint density at radius 1 is 1.32 bits per heavy atom. The van der Waals surface area contributed by atoms with Crippen LogP contribution in [0, 0.1) is 0 Å². The number of aryl methyl sites for hydroxylation is 1. The van der Waals surface area contributed by atoms with Crippen molar-refractivity contribution in [2.24, 2.45) is 0 Å². The van der Waals surface area contributed by atoms with Crippen LogP contribution in [0.5, 0.6) is 0 Å². The minimum atomic E-state index is -3.56. The quantitative estimate of drug-likeness (QED) is 0.785. The number of piperazine rings is 1. The first-order valence-electron chi connectivity index (χ1n) is 7.74. The van der Waals surface area contributed by atoms with E-state index in [0.717, 1.165) is 44.6 Å². The number of hydrogen-bond acceptors (Lipinski definition) is 4. The van der Waals surface area contributed by atoms with Crippen LogP contribution in [0.3, 0.4) is 0 Å². The van der Waals surface area contributed by atoms with Gasteiger partial charge in [-0.25, -0.2) is 13.1 Å². The van der Waals surface area contributed by atoms with E-state index in [1.165, 1.54) is 0 Å². The first-order chi connectivity index (χ1) is 10.5. The molecule has 124 valence electrons. The second-order valence-electron chi connectivity index (χ2n) is 5.50. The van der Waals surface area contributed by atoms with Crippen LogP contribution in [0.15, 0.2) is 23.1 Å². The fourth-order valence-corrected chi connectivity index (χ4v) is 4.12. The van der Waals surface area contributed by atoms with Crippen LogP contribution < -0.4 is 10.0 Å². The summed E-state index contributed by atoms with van der Waals surface area (Å²) in [5.74, 6) is 0. The lowest BCUT2D eigenvalue weighted by Crippen LogP contribution is -2.46. The van der Waals surface area contributed by atoms with E-state index in [2.05, 4.69) is 21.9 Å². The van der Waals surface area contributed by atoms with Crippen LogP contribution in [0.1, 0.15) is 18.9 Å². The number of rotatable bonds is 7. The summed E-state index contributed by atoms with van der Waals surface area (Å²) in [6, 6.07) is 5.22. The van der Waals surface area contributed by atoms with E-state index in [1.807, 2.05) is 6.07 Å². The Balaban J connectivity index is 1.98. The minimum Gasteiger partial charge on any atom is -0.314 e. The maximum atomic E-state index is 12.4. The molecule has 0 amide bonds. The van der Waals surface area contributed by atoms with Crippen molar-refractivity contribution < 1.29 is 8.42 Å². The molecule has 0 spiro atoms. The summed E-state index contributed by atoms with van der Waals surface area (Å²) in [6.07, 6.45) is 1.82. The zero-order valence-corrected chi connectivity index (χ0v) is 14.5. The van der Waals surface area contributed by atoms with Gasteiger partial charge >= 0.3 is 0 Å². The molecule has 0 bridgehead atoms. The van der Waals surface area contributed by atoms with E-state index in [4.69, 9.17) is 11.6 Å². The summed E-state index contributed by atoms with van der Waals surface area (Å²) in [6.45, 7) is 7.00. The monoisotopic (exact) mass is 345 g/mol. The number of nitrogens with zero attached hydrogens (tertiary/aromatic N) is 1. The van der Waals surface area contributed by atoms with Gasteiger partial charge in [-0.3, -0.25) is 4.90 Å². The predicted molar refractivity (Wildman–Crippen MR) is 89.9 cm³/mol. The maximum absolute atomic E-state index is 12.4. The van der Waals surface area contributed by atoms with Crippen molar-refractivity contribution >= 4 is 21.6 Å². The van der Waals surface area contributed by atoms with Gasteiger partial charge in [-0.15, -0.1) is 0 Å². The molecule has 2 rings (SSSR count). The summed E-state index contributed by atoms with van der Waals surface area (Å²) in [4.78, 5) is 2.43. The molecule has 1 aliphatic heterocycles. The molecule has 2 N–H and O–H groups in total. The fraction of sp³-hybridized carbons (Fsp3) is 0.600. The molecule has 0 aliphatic carbocycles. The van der Waals surface area contributed by atoms with Gasteiger partial charge in [0.2, 0.25) is 10.0 Å². The van der Waals surface area contributed by atoms with Crippen molar-refractivity contribution in [2.75, 3.05) is 39.3 Å². The van der Waals surface area contributed by atoms with Crippen molar-refractivity contribution in [2.45, 2.75) is 24.7 Å². The minimum absolute atomic E-state index is 0.181. The van der Waals surface area contributed by atoms with Crippen LogP contribution in [0.4, 0.5) is 0 Å². The highest BCUT2D eigenvalue weighted by Gasteiger charge is 2.19. The van der Waals surface area contributed by atoms with Gasteiger partial charge in [-0.2, -0.15) is 0 Å². The van der Waals surface area contributed by atoms with Gasteiger partial charge in [-0.1, -0.05) is 31.0 Å². The van der Waals surface area contributed by atoms with Crippen molar-refractivity contribution in [1.29, 1.82) is 0 Å². The van der Waals surface area contributed by atoms with Crippen LogP contribution in [-0.2, 0) is 16.4 Å². The molecule has 1 aliphatic rings. The Bertz CT molecular complexity index is 586. The smallest absolute Gasteiger partial charge is 0.242 e. The van der Waals surface area contributed by atoms with Crippen LogP contribution in [0.25, 0.3) is 0 Å². The molecule has 1 heterocycles. The lowest BCUT2D eigenvalue weighted by Gasteiger charge is -2.27. The van der Waals surface area contributed by atoms with Crippen molar-refractivity contribution in [3.05, 3.63) is 28.8 Å².